The van der Waals surface area contributed by atoms with Crippen LogP contribution in [0, 0.1) is 13.8 Å². The first-order valence-electron chi connectivity index (χ1n) is 13.5. The summed E-state index contributed by atoms with van der Waals surface area (Å²) in [6, 6.07) is 17.3. The Hall–Kier alpha value is -3.20. The molecule has 0 unspecified atom stereocenters. The van der Waals surface area contributed by atoms with E-state index in [1.54, 1.807) is 52.3 Å². The highest BCUT2D eigenvalue weighted by atomic mass is 32.2. The molecule has 1 fully saturated rings. The Balaban J connectivity index is 1.29. The Morgan fingerprint density at radius 1 is 1.00 bits per heavy atom. The molecule has 1 aliphatic heterocycles. The van der Waals surface area contributed by atoms with Crippen molar-refractivity contribution in [3.8, 4) is 0 Å². The number of carbonyl (C=O) groups is 2. The zero-order valence-electron chi connectivity index (χ0n) is 23.7. The number of fused-ring (bicyclic) bond motifs is 1. The molecule has 0 saturated carbocycles. The van der Waals surface area contributed by atoms with E-state index in [2.05, 4.69) is 52.1 Å². The minimum Gasteiger partial charge on any atom is -0.378 e. The number of nitrogens with one attached hydrogen (secondary N) is 1. The molecule has 0 spiro atoms. The maximum atomic E-state index is 13.2. The largest absolute Gasteiger partial charge is 0.378 e. The van der Waals surface area contributed by atoms with E-state index in [-0.39, 0.29) is 17.2 Å². The number of thioether (sulfide) groups is 1. The van der Waals surface area contributed by atoms with Gasteiger partial charge in [-0.15, -0.1) is 11.3 Å². The lowest BCUT2D eigenvalue weighted by Gasteiger charge is -2.27. The van der Waals surface area contributed by atoms with Gasteiger partial charge in [0.25, 0.3) is 11.8 Å². The van der Waals surface area contributed by atoms with Crippen LogP contribution >= 0.6 is 23.1 Å². The highest BCUT2D eigenvalue weighted by Gasteiger charge is 2.23. The molecular weight excluding hydrogens is 539 g/mol. The first kappa shape index (κ1) is 28.3. The topological polar surface area (TPSA) is 71.5 Å². The predicted octanol–water partition coefficient (Wildman–Crippen LogP) is 7.23. The molecule has 1 aliphatic rings. The molecular formula is C32H35N3O3S2. The van der Waals surface area contributed by atoms with Gasteiger partial charge in [-0.2, -0.15) is 0 Å². The van der Waals surface area contributed by atoms with Crippen LogP contribution in [0.3, 0.4) is 0 Å². The molecule has 1 saturated heterocycles. The molecule has 0 bridgehead atoms. The van der Waals surface area contributed by atoms with E-state index in [1.165, 1.54) is 22.3 Å². The second kappa shape index (κ2) is 11.7. The number of ether oxygens (including phenoxy) is 1. The van der Waals surface area contributed by atoms with Gasteiger partial charge in [0.1, 0.15) is 0 Å². The van der Waals surface area contributed by atoms with E-state index in [9.17, 15) is 9.59 Å². The molecule has 0 radical (unpaired) electrons. The van der Waals surface area contributed by atoms with Crippen molar-refractivity contribution in [3.05, 3.63) is 88.0 Å². The van der Waals surface area contributed by atoms with Crippen LogP contribution in [-0.4, -0.2) is 48.0 Å². The van der Waals surface area contributed by atoms with E-state index >= 15 is 0 Å². The Kier molecular flexibility index (Phi) is 8.31. The summed E-state index contributed by atoms with van der Waals surface area (Å²) in [5.41, 5.74) is 7.83. The number of thiazole rings is 1. The number of rotatable bonds is 6. The van der Waals surface area contributed by atoms with E-state index in [1.807, 2.05) is 18.2 Å². The summed E-state index contributed by atoms with van der Waals surface area (Å²) in [6.45, 7) is 13.2. The molecule has 8 heteroatoms. The maximum Gasteiger partial charge on any atom is 0.256 e. The van der Waals surface area contributed by atoms with Gasteiger partial charge in [-0.1, -0.05) is 56.8 Å². The van der Waals surface area contributed by atoms with E-state index in [0.29, 0.717) is 43.1 Å². The molecule has 0 aliphatic carbocycles. The lowest BCUT2D eigenvalue weighted by Crippen LogP contribution is -2.41. The van der Waals surface area contributed by atoms with E-state index in [0.717, 1.165) is 20.3 Å². The molecule has 208 valence electrons. The van der Waals surface area contributed by atoms with Crippen molar-refractivity contribution in [2.75, 3.05) is 31.6 Å². The summed E-state index contributed by atoms with van der Waals surface area (Å²) in [5, 5.41) is 2.99. The first-order valence-corrected chi connectivity index (χ1v) is 15.3. The van der Waals surface area contributed by atoms with E-state index in [4.69, 9.17) is 9.72 Å². The second-order valence-corrected chi connectivity index (χ2v) is 13.4. The average molecular weight is 574 g/mol. The summed E-state index contributed by atoms with van der Waals surface area (Å²) in [4.78, 5) is 32.9. The average Bonchev–Trinajstić information content (AvgIpc) is 3.34. The summed E-state index contributed by atoms with van der Waals surface area (Å²) in [5.74, 6) is 0.409. The smallest absolute Gasteiger partial charge is 0.256 e. The van der Waals surface area contributed by atoms with Gasteiger partial charge in [-0.3, -0.25) is 9.59 Å². The Bertz CT molecular complexity index is 1540. The third-order valence-corrected chi connectivity index (χ3v) is 9.42. The number of aromatic nitrogens is 1. The van der Waals surface area contributed by atoms with Crippen molar-refractivity contribution < 1.29 is 14.3 Å². The second-order valence-electron chi connectivity index (χ2n) is 11.2. The molecule has 1 N–H and O–H groups in total. The molecule has 6 nitrogen and oxygen atoms in total. The van der Waals surface area contributed by atoms with Crippen molar-refractivity contribution in [3.63, 3.8) is 0 Å². The zero-order chi connectivity index (χ0) is 28.4. The van der Waals surface area contributed by atoms with Gasteiger partial charge in [0, 0.05) is 24.5 Å². The first-order chi connectivity index (χ1) is 19.1. The molecule has 2 heterocycles. The van der Waals surface area contributed by atoms with Crippen molar-refractivity contribution in [2.24, 2.45) is 0 Å². The minimum atomic E-state index is -0.305. The predicted molar refractivity (Wildman–Crippen MR) is 165 cm³/mol. The number of nitrogens with zero attached hydrogens (tertiary/aromatic N) is 2. The molecule has 5 rings (SSSR count). The van der Waals surface area contributed by atoms with Gasteiger partial charge in [-0.25, -0.2) is 4.98 Å². The van der Waals surface area contributed by atoms with Crippen LogP contribution in [0.2, 0.25) is 0 Å². The number of anilines is 1. The maximum absolute atomic E-state index is 13.2. The van der Waals surface area contributed by atoms with Crippen LogP contribution in [0.4, 0.5) is 5.69 Å². The van der Waals surface area contributed by atoms with E-state index < -0.39 is 0 Å². The number of amides is 2. The number of morpholine rings is 1. The summed E-state index contributed by atoms with van der Waals surface area (Å²) in [7, 11) is 0. The van der Waals surface area contributed by atoms with Gasteiger partial charge >= 0.3 is 0 Å². The van der Waals surface area contributed by atoms with Gasteiger partial charge in [0.05, 0.1) is 34.6 Å². The monoisotopic (exact) mass is 573 g/mol. The summed E-state index contributed by atoms with van der Waals surface area (Å²) >= 11 is 3.37. The van der Waals surface area contributed by atoms with Crippen molar-refractivity contribution in [2.45, 2.75) is 50.1 Å². The van der Waals surface area contributed by atoms with Gasteiger partial charge in [0.2, 0.25) is 0 Å². The van der Waals surface area contributed by atoms with Crippen LogP contribution in [0.5, 0.6) is 0 Å². The van der Waals surface area contributed by atoms with Crippen molar-refractivity contribution >= 4 is 50.8 Å². The van der Waals surface area contributed by atoms with Crippen molar-refractivity contribution in [1.29, 1.82) is 0 Å². The third-order valence-electron chi connectivity index (χ3n) is 7.23. The van der Waals surface area contributed by atoms with Crippen LogP contribution in [0.1, 0.15) is 63.7 Å². The normalized spacial score (nSPS) is 14.0. The summed E-state index contributed by atoms with van der Waals surface area (Å²) < 4.78 is 7.37. The minimum absolute atomic E-state index is 0.127. The Labute approximate surface area is 244 Å². The highest BCUT2D eigenvalue weighted by molar-refractivity contribution is 8.00. The fourth-order valence-corrected chi connectivity index (χ4v) is 7.14. The quantitative estimate of drug-likeness (QED) is 0.247. The molecule has 0 atom stereocenters. The number of benzene rings is 3. The fourth-order valence-electron chi connectivity index (χ4n) is 4.83. The fraction of sp³-hybridized carbons (Fsp3) is 0.344. The van der Waals surface area contributed by atoms with Crippen molar-refractivity contribution in [1.82, 2.24) is 9.88 Å². The zero-order valence-corrected chi connectivity index (χ0v) is 25.3. The number of carbonyl (C=O) groups excluding carboxylic acids is 2. The Morgan fingerprint density at radius 2 is 1.68 bits per heavy atom. The Morgan fingerprint density at radius 3 is 2.35 bits per heavy atom. The molecule has 40 heavy (non-hydrogen) atoms. The van der Waals surface area contributed by atoms with Crippen LogP contribution in [0.15, 0.2) is 58.9 Å². The third kappa shape index (κ3) is 6.24. The molecule has 1 aromatic heterocycles. The number of aryl methyl sites for hydroxylation is 2. The van der Waals surface area contributed by atoms with Crippen LogP contribution < -0.4 is 5.32 Å². The standard InChI is InChI=1S/C32H35N3O3S2/c1-20-16-22(32(3,4)5)17-21(2)26(20)19-39-31-34-27-11-10-23(18-28(27)40-31)33-29(36)24-8-6-7-9-25(24)30(37)35-12-14-38-15-13-35/h6-11,16-18H,12-15,19H2,1-5H3,(H,33,36). The highest BCUT2D eigenvalue weighted by Crippen LogP contribution is 2.35. The van der Waals surface area contributed by atoms with Crippen LogP contribution in [0.25, 0.3) is 10.2 Å². The SMILES string of the molecule is Cc1cc(C(C)(C)C)cc(C)c1CSc1nc2ccc(NC(=O)c3ccccc3C(=O)N3CCOCC3)cc2s1. The van der Waals surface area contributed by atoms with Gasteiger partial charge in [-0.05, 0) is 71.8 Å². The number of hydrogen-bond acceptors (Lipinski definition) is 6. The van der Waals surface area contributed by atoms with Crippen LogP contribution in [-0.2, 0) is 15.9 Å². The van der Waals surface area contributed by atoms with Gasteiger partial charge < -0.3 is 15.0 Å². The molecule has 4 aromatic rings. The molecule has 2 amide bonds. The van der Waals surface area contributed by atoms with Gasteiger partial charge in [0.15, 0.2) is 4.34 Å². The molecule has 3 aromatic carbocycles. The lowest BCUT2D eigenvalue weighted by molar-refractivity contribution is 0.0302. The summed E-state index contributed by atoms with van der Waals surface area (Å²) in [6.07, 6.45) is 0. The number of hydrogen-bond donors (Lipinski definition) is 1. The lowest BCUT2D eigenvalue weighted by atomic mass is 9.84.